The van der Waals surface area contributed by atoms with Gasteiger partial charge in [0.15, 0.2) is 11.6 Å². The topological polar surface area (TPSA) is 90.2 Å². The van der Waals surface area contributed by atoms with E-state index in [1.165, 1.54) is 18.3 Å². The van der Waals surface area contributed by atoms with Crippen molar-refractivity contribution >= 4 is 22.9 Å². The van der Waals surface area contributed by atoms with Gasteiger partial charge in [0.1, 0.15) is 11.4 Å². The van der Waals surface area contributed by atoms with E-state index in [1.54, 1.807) is 13.2 Å². The summed E-state index contributed by atoms with van der Waals surface area (Å²) < 4.78 is 47.0. The molecule has 11 heteroatoms. The van der Waals surface area contributed by atoms with Gasteiger partial charge in [0.2, 0.25) is 0 Å². The van der Waals surface area contributed by atoms with Crippen LogP contribution in [0.3, 0.4) is 0 Å². The second kappa shape index (κ2) is 9.07. The summed E-state index contributed by atoms with van der Waals surface area (Å²) in [5.74, 6) is -3.72. The summed E-state index contributed by atoms with van der Waals surface area (Å²) >= 11 is 0. The number of anilines is 2. The predicted octanol–water partition coefficient (Wildman–Crippen LogP) is 4.23. The monoisotopic (exact) mass is 561 g/mol. The fraction of sp³-hybridized carbons (Fsp3) is 0.300. The Kier molecular flexibility index (Phi) is 5.66. The Bertz CT molecular complexity index is 1860. The minimum atomic E-state index is -1.42. The van der Waals surface area contributed by atoms with Gasteiger partial charge in [-0.25, -0.2) is 18.0 Å². The van der Waals surface area contributed by atoms with E-state index in [9.17, 15) is 19.1 Å². The number of hydrogen-bond donors (Lipinski definition) is 2. The summed E-state index contributed by atoms with van der Waals surface area (Å²) in [6.45, 7) is 2.34. The number of aromatic nitrogens is 2. The van der Waals surface area contributed by atoms with E-state index in [0.717, 1.165) is 36.0 Å². The van der Waals surface area contributed by atoms with Crippen LogP contribution in [-0.4, -0.2) is 65.1 Å². The number of halogens is 3. The van der Waals surface area contributed by atoms with Crippen LogP contribution in [0.5, 0.6) is 0 Å². The number of pyridine rings is 3. The van der Waals surface area contributed by atoms with E-state index in [1.807, 2.05) is 7.05 Å². The second-order valence-electron chi connectivity index (χ2n) is 11.1. The first kappa shape index (κ1) is 25.6. The molecule has 0 bridgehead atoms. The highest BCUT2D eigenvalue weighted by Crippen LogP contribution is 2.52. The van der Waals surface area contributed by atoms with Crippen molar-refractivity contribution in [3.05, 3.63) is 81.3 Å². The summed E-state index contributed by atoms with van der Waals surface area (Å²) in [7, 11) is 3.69. The van der Waals surface area contributed by atoms with Gasteiger partial charge >= 0.3 is 5.97 Å². The average Bonchev–Trinajstić information content (AvgIpc) is 3.62. The Morgan fingerprint density at radius 1 is 1.12 bits per heavy atom. The van der Waals surface area contributed by atoms with Crippen molar-refractivity contribution in [1.29, 1.82) is 0 Å². The van der Waals surface area contributed by atoms with Crippen LogP contribution < -0.4 is 15.8 Å². The molecule has 0 amide bonds. The second-order valence-corrected chi connectivity index (χ2v) is 11.1. The molecule has 7 rings (SSSR count). The highest BCUT2D eigenvalue weighted by atomic mass is 19.2. The molecule has 8 nitrogen and oxygen atoms in total. The Hall–Kier alpha value is -4.38. The first-order valence-corrected chi connectivity index (χ1v) is 13.4. The third kappa shape index (κ3) is 3.68. The van der Waals surface area contributed by atoms with Crippen LogP contribution in [0, 0.1) is 23.4 Å². The van der Waals surface area contributed by atoms with Crippen LogP contribution in [-0.2, 0) is 6.42 Å². The molecule has 4 aromatic rings. The summed E-state index contributed by atoms with van der Waals surface area (Å²) in [6.07, 6.45) is 4.18. The lowest BCUT2D eigenvalue weighted by molar-refractivity contribution is 0.0694. The largest absolute Gasteiger partial charge is 0.477 e. The summed E-state index contributed by atoms with van der Waals surface area (Å²) in [6, 6.07) is 4.84. The Morgan fingerprint density at radius 2 is 1.93 bits per heavy atom. The molecule has 2 fully saturated rings. The van der Waals surface area contributed by atoms with Gasteiger partial charge < -0.3 is 20.2 Å². The summed E-state index contributed by atoms with van der Waals surface area (Å²) in [5.41, 5.74) is 2.15. The lowest BCUT2D eigenvalue weighted by atomic mass is 9.96. The van der Waals surface area contributed by atoms with Gasteiger partial charge in [0.25, 0.3) is 5.56 Å². The molecule has 0 radical (unpaired) electrons. The van der Waals surface area contributed by atoms with Crippen molar-refractivity contribution in [2.75, 3.05) is 43.9 Å². The first-order chi connectivity index (χ1) is 19.7. The molecule has 1 aliphatic carbocycles. The van der Waals surface area contributed by atoms with Crippen LogP contribution in [0.2, 0.25) is 0 Å². The number of carboxylic acid groups (broad SMARTS) is 1. The van der Waals surface area contributed by atoms with Crippen molar-refractivity contribution in [3.8, 4) is 22.3 Å². The highest BCUT2D eigenvalue weighted by molar-refractivity contribution is 5.97. The highest BCUT2D eigenvalue weighted by Gasteiger charge is 2.43. The summed E-state index contributed by atoms with van der Waals surface area (Å²) in [4.78, 5) is 33.7. The third-order valence-electron chi connectivity index (χ3n) is 8.79. The SMILES string of the molecule is CNc1cc(F)c(F)c2c1Cc1ncc(-c3cc(F)c4ccc(C(=O)O)c(=O)n4c3)c(N3CC[C@H]4CN(C)CC43)c1-2. The molecule has 5 heterocycles. The van der Waals surface area contributed by atoms with Crippen molar-refractivity contribution in [2.24, 2.45) is 5.92 Å². The minimum Gasteiger partial charge on any atom is -0.477 e. The Morgan fingerprint density at radius 3 is 2.68 bits per heavy atom. The van der Waals surface area contributed by atoms with Gasteiger partial charge in [0, 0.05) is 85.5 Å². The number of benzene rings is 1. The van der Waals surface area contributed by atoms with E-state index < -0.39 is 34.5 Å². The standard InChI is InChI=1S/C30H26F3N5O3/c1-34-21-9-20(32)27(33)25-17(21)8-22-26(25)28(37-6-5-14-11-36(2)13-24(14)37)18(10-35-22)15-7-19(31)23-4-3-16(30(40)41)29(39)38(23)12-15/h3-4,7,9-10,12,14,24,34H,5-6,8,11,13H2,1-2H3,(H,40,41)/t14-,24?/m0/s1. The fourth-order valence-electron chi connectivity index (χ4n) is 6.97. The van der Waals surface area contributed by atoms with Gasteiger partial charge in [-0.1, -0.05) is 0 Å². The van der Waals surface area contributed by atoms with E-state index in [0.29, 0.717) is 52.6 Å². The zero-order valence-corrected chi connectivity index (χ0v) is 22.3. The molecule has 0 spiro atoms. The molecule has 2 saturated heterocycles. The number of nitrogens with one attached hydrogen (secondary N) is 1. The Labute approximate surface area is 232 Å². The van der Waals surface area contributed by atoms with Crippen LogP contribution in [0.15, 0.2) is 41.5 Å². The lowest BCUT2D eigenvalue weighted by Gasteiger charge is -2.31. The van der Waals surface area contributed by atoms with Crippen molar-refractivity contribution in [3.63, 3.8) is 0 Å². The van der Waals surface area contributed by atoms with E-state index in [-0.39, 0.29) is 22.7 Å². The van der Waals surface area contributed by atoms with Gasteiger partial charge in [-0.2, -0.15) is 0 Å². The predicted molar refractivity (Wildman–Crippen MR) is 148 cm³/mol. The van der Waals surface area contributed by atoms with Crippen molar-refractivity contribution in [1.82, 2.24) is 14.3 Å². The molecule has 3 aliphatic rings. The molecule has 0 saturated carbocycles. The Balaban J connectivity index is 1.54. The number of likely N-dealkylation sites (N-methyl/N-ethyl adjacent to an activating group) is 1. The van der Waals surface area contributed by atoms with Gasteiger partial charge in [0.05, 0.1) is 16.9 Å². The smallest absolute Gasteiger partial charge is 0.341 e. The third-order valence-corrected chi connectivity index (χ3v) is 8.79. The molecule has 1 unspecified atom stereocenters. The van der Waals surface area contributed by atoms with Gasteiger partial charge in [-0.05, 0) is 43.1 Å². The maximum absolute atomic E-state index is 15.7. The van der Waals surface area contributed by atoms with E-state index in [4.69, 9.17) is 0 Å². The minimum absolute atomic E-state index is 0.0739. The number of carbonyl (C=O) groups is 1. The molecule has 41 heavy (non-hydrogen) atoms. The molecule has 210 valence electrons. The van der Waals surface area contributed by atoms with Gasteiger partial charge in [-0.3, -0.25) is 14.2 Å². The number of fused-ring (bicyclic) bond motifs is 5. The van der Waals surface area contributed by atoms with Crippen LogP contribution >= 0.6 is 0 Å². The van der Waals surface area contributed by atoms with Crippen LogP contribution in [0.1, 0.15) is 28.0 Å². The normalized spacial score (nSPS) is 19.5. The number of rotatable bonds is 4. The van der Waals surface area contributed by atoms with Crippen LogP contribution in [0.25, 0.3) is 27.8 Å². The van der Waals surface area contributed by atoms with Crippen molar-refractivity contribution < 1.29 is 23.1 Å². The zero-order valence-electron chi connectivity index (χ0n) is 22.3. The molecule has 2 N–H and O–H groups in total. The number of carboxylic acids is 1. The number of aromatic carboxylic acids is 1. The molecule has 2 aliphatic heterocycles. The quantitative estimate of drug-likeness (QED) is 0.340. The molecule has 2 atom stereocenters. The molecular formula is C30H26F3N5O3. The lowest BCUT2D eigenvalue weighted by Crippen LogP contribution is -2.35. The van der Waals surface area contributed by atoms with Crippen LogP contribution in [0.4, 0.5) is 24.5 Å². The molecular weight excluding hydrogens is 535 g/mol. The number of nitrogens with zero attached hydrogens (tertiary/aromatic N) is 4. The first-order valence-electron chi connectivity index (χ1n) is 13.4. The number of likely N-dealkylation sites (tertiary alicyclic amines) is 1. The summed E-state index contributed by atoms with van der Waals surface area (Å²) in [5, 5.41) is 12.4. The van der Waals surface area contributed by atoms with Gasteiger partial charge in [-0.15, -0.1) is 0 Å². The molecule has 1 aromatic carbocycles. The van der Waals surface area contributed by atoms with E-state index in [2.05, 4.69) is 20.1 Å². The average molecular weight is 562 g/mol. The maximum Gasteiger partial charge on any atom is 0.341 e. The molecule has 3 aromatic heterocycles. The number of hydrogen-bond acceptors (Lipinski definition) is 6. The zero-order chi connectivity index (χ0) is 28.7. The van der Waals surface area contributed by atoms with E-state index >= 15 is 8.78 Å². The van der Waals surface area contributed by atoms with Crippen molar-refractivity contribution in [2.45, 2.75) is 18.9 Å². The fourth-order valence-corrected chi connectivity index (χ4v) is 6.97. The maximum atomic E-state index is 15.7.